The minimum absolute atomic E-state index is 0.107. The van der Waals surface area contributed by atoms with Gasteiger partial charge in [0, 0.05) is 5.69 Å². The van der Waals surface area contributed by atoms with Crippen LogP contribution in [0.25, 0.3) is 0 Å². The Morgan fingerprint density at radius 3 is 2.38 bits per heavy atom. The minimum Gasteiger partial charge on any atom is -0.482 e. The number of aromatic nitrogens is 1. The molecule has 4 nitrogen and oxygen atoms in total. The van der Waals surface area contributed by atoms with Crippen molar-refractivity contribution in [3.05, 3.63) is 53.3 Å². The zero-order valence-corrected chi connectivity index (χ0v) is 13.2. The van der Waals surface area contributed by atoms with E-state index < -0.39 is 41.9 Å². The highest BCUT2D eigenvalue weighted by molar-refractivity contribution is 6.03. The molecule has 1 aromatic heterocycles. The fraction of sp³-hybridized carbons (Fsp3) is 0.250. The molecule has 2 rings (SSSR count). The molecule has 26 heavy (non-hydrogen) atoms. The Morgan fingerprint density at radius 2 is 1.81 bits per heavy atom. The van der Waals surface area contributed by atoms with E-state index >= 15 is 0 Å². The molecule has 0 saturated heterocycles. The lowest BCUT2D eigenvalue weighted by atomic mass is 10.1. The number of nitrogens with one attached hydrogen (secondary N) is 1. The predicted octanol–water partition coefficient (Wildman–Crippen LogP) is 4.60. The number of benzene rings is 1. The van der Waals surface area contributed by atoms with Crippen LogP contribution in [0.2, 0.25) is 0 Å². The third-order valence-corrected chi connectivity index (χ3v) is 3.07. The Morgan fingerprint density at radius 1 is 1.12 bits per heavy atom. The van der Waals surface area contributed by atoms with Crippen LogP contribution in [-0.4, -0.2) is 23.7 Å². The number of carbonyl (C=O) groups excluding carboxylic acids is 1. The van der Waals surface area contributed by atoms with Crippen molar-refractivity contribution in [2.24, 2.45) is 0 Å². The molecule has 1 amide bonds. The van der Waals surface area contributed by atoms with Gasteiger partial charge in [0.1, 0.15) is 11.4 Å². The van der Waals surface area contributed by atoms with Crippen LogP contribution in [0.1, 0.15) is 21.7 Å². The van der Waals surface area contributed by atoms with Gasteiger partial charge in [0.2, 0.25) is 0 Å². The van der Waals surface area contributed by atoms with Gasteiger partial charge in [-0.2, -0.15) is 26.3 Å². The standard InChI is InChI=1S/C16H12F6N2O2/c1-9-3-2-4-11(23-9)14(25)24-12-7-10(16(20,21)22)5-6-13(12)26-8-15(17,18)19/h2-7H,8H2,1H3,(H,24,25). The number of rotatable bonds is 4. The molecule has 1 N–H and O–H groups in total. The smallest absolute Gasteiger partial charge is 0.422 e. The number of ether oxygens (including phenoxy) is 1. The number of nitrogens with zero attached hydrogens (tertiary/aromatic N) is 1. The van der Waals surface area contributed by atoms with Gasteiger partial charge in [0.25, 0.3) is 5.91 Å². The molecule has 0 aliphatic carbocycles. The summed E-state index contributed by atoms with van der Waals surface area (Å²) in [5, 5.41) is 2.11. The second-order valence-electron chi connectivity index (χ2n) is 5.23. The molecule has 140 valence electrons. The first-order valence-corrected chi connectivity index (χ1v) is 7.11. The van der Waals surface area contributed by atoms with E-state index in [0.717, 1.165) is 0 Å². The van der Waals surface area contributed by atoms with E-state index in [4.69, 9.17) is 0 Å². The summed E-state index contributed by atoms with van der Waals surface area (Å²) in [6.07, 6.45) is -9.44. The van der Waals surface area contributed by atoms with Crippen LogP contribution in [0.15, 0.2) is 36.4 Å². The normalized spacial score (nSPS) is 12.0. The van der Waals surface area contributed by atoms with Crippen LogP contribution in [0.5, 0.6) is 5.75 Å². The van der Waals surface area contributed by atoms with Crippen LogP contribution < -0.4 is 10.1 Å². The van der Waals surface area contributed by atoms with Gasteiger partial charge in [-0.05, 0) is 37.3 Å². The van der Waals surface area contributed by atoms with Crippen molar-refractivity contribution in [3.8, 4) is 5.75 Å². The molecule has 1 heterocycles. The van der Waals surface area contributed by atoms with Crippen molar-refractivity contribution < 1.29 is 35.9 Å². The van der Waals surface area contributed by atoms with E-state index in [1.165, 1.54) is 12.1 Å². The molecule has 1 aromatic carbocycles. The van der Waals surface area contributed by atoms with Crippen molar-refractivity contribution in [2.75, 3.05) is 11.9 Å². The summed E-state index contributed by atoms with van der Waals surface area (Å²) < 4.78 is 80.0. The Kier molecular flexibility index (Phi) is 5.43. The van der Waals surface area contributed by atoms with Crippen molar-refractivity contribution in [3.63, 3.8) is 0 Å². The largest absolute Gasteiger partial charge is 0.482 e. The minimum atomic E-state index is -4.75. The maximum absolute atomic E-state index is 12.8. The lowest BCUT2D eigenvalue weighted by Gasteiger charge is -2.16. The van der Waals surface area contributed by atoms with E-state index in [1.807, 2.05) is 0 Å². The van der Waals surface area contributed by atoms with Crippen molar-refractivity contribution in [1.82, 2.24) is 4.98 Å². The molecule has 0 fully saturated rings. The quantitative estimate of drug-likeness (QED) is 0.791. The predicted molar refractivity (Wildman–Crippen MR) is 79.9 cm³/mol. The average Bonchev–Trinajstić information content (AvgIpc) is 2.52. The maximum Gasteiger partial charge on any atom is 0.422 e. The van der Waals surface area contributed by atoms with Gasteiger partial charge in [-0.25, -0.2) is 4.98 Å². The molecule has 0 bridgehead atoms. The van der Waals surface area contributed by atoms with Gasteiger partial charge < -0.3 is 10.1 Å². The lowest BCUT2D eigenvalue weighted by molar-refractivity contribution is -0.153. The second-order valence-corrected chi connectivity index (χ2v) is 5.23. The molecule has 0 radical (unpaired) electrons. The monoisotopic (exact) mass is 378 g/mol. The lowest BCUT2D eigenvalue weighted by Crippen LogP contribution is -2.21. The van der Waals surface area contributed by atoms with Gasteiger partial charge in [0.15, 0.2) is 6.61 Å². The van der Waals surface area contributed by atoms with Crippen LogP contribution in [0.3, 0.4) is 0 Å². The molecule has 0 saturated carbocycles. The number of aryl methyl sites for hydroxylation is 1. The number of alkyl halides is 6. The third kappa shape index (κ3) is 5.36. The zero-order chi connectivity index (χ0) is 19.5. The summed E-state index contributed by atoms with van der Waals surface area (Å²) in [6, 6.07) is 6.19. The number of amides is 1. The molecular weight excluding hydrogens is 366 g/mol. The van der Waals surface area contributed by atoms with Gasteiger partial charge in [-0.1, -0.05) is 6.07 Å². The van der Waals surface area contributed by atoms with E-state index in [0.29, 0.717) is 23.9 Å². The number of pyridine rings is 1. The summed E-state index contributed by atoms with van der Waals surface area (Å²) in [5.41, 5.74) is -1.32. The second kappa shape index (κ2) is 7.22. The average molecular weight is 378 g/mol. The van der Waals surface area contributed by atoms with E-state index in [-0.39, 0.29) is 5.69 Å². The summed E-state index contributed by atoms with van der Waals surface area (Å²) in [7, 11) is 0. The Balaban J connectivity index is 2.34. The van der Waals surface area contributed by atoms with E-state index in [1.54, 1.807) is 13.0 Å². The van der Waals surface area contributed by atoms with E-state index in [2.05, 4.69) is 15.0 Å². The van der Waals surface area contributed by atoms with Crippen molar-refractivity contribution >= 4 is 11.6 Å². The van der Waals surface area contributed by atoms with Crippen LogP contribution in [0, 0.1) is 6.92 Å². The zero-order valence-electron chi connectivity index (χ0n) is 13.2. The Hall–Kier alpha value is -2.78. The first kappa shape index (κ1) is 19.5. The molecule has 0 atom stereocenters. The number of hydrogen-bond acceptors (Lipinski definition) is 3. The molecule has 0 aliphatic heterocycles. The summed E-state index contributed by atoms with van der Waals surface area (Å²) >= 11 is 0. The van der Waals surface area contributed by atoms with Gasteiger partial charge in [-0.3, -0.25) is 4.79 Å². The SMILES string of the molecule is Cc1cccc(C(=O)Nc2cc(C(F)(F)F)ccc2OCC(F)(F)F)n1. The molecule has 10 heteroatoms. The first-order chi connectivity index (χ1) is 12.0. The Bertz CT molecular complexity index is 802. The fourth-order valence-corrected chi connectivity index (χ4v) is 1.95. The first-order valence-electron chi connectivity index (χ1n) is 7.11. The molecule has 0 spiro atoms. The molecule has 0 aliphatic rings. The highest BCUT2D eigenvalue weighted by Gasteiger charge is 2.33. The molecule has 2 aromatic rings. The fourth-order valence-electron chi connectivity index (χ4n) is 1.95. The summed E-state index contributed by atoms with van der Waals surface area (Å²) in [5.74, 6) is -1.43. The van der Waals surface area contributed by atoms with Gasteiger partial charge in [-0.15, -0.1) is 0 Å². The highest BCUT2D eigenvalue weighted by atomic mass is 19.4. The molecule has 0 unspecified atom stereocenters. The summed E-state index contributed by atoms with van der Waals surface area (Å²) in [4.78, 5) is 16.0. The highest BCUT2D eigenvalue weighted by Crippen LogP contribution is 2.35. The van der Waals surface area contributed by atoms with Crippen LogP contribution >= 0.6 is 0 Å². The van der Waals surface area contributed by atoms with Gasteiger partial charge in [0.05, 0.1) is 11.3 Å². The molecular formula is C16H12F6N2O2. The third-order valence-electron chi connectivity index (χ3n) is 3.07. The van der Waals surface area contributed by atoms with E-state index in [9.17, 15) is 31.1 Å². The topological polar surface area (TPSA) is 51.2 Å². The Labute approximate surface area is 143 Å². The summed E-state index contributed by atoms with van der Waals surface area (Å²) in [6.45, 7) is -0.122. The maximum atomic E-state index is 12.8. The van der Waals surface area contributed by atoms with Crippen molar-refractivity contribution in [1.29, 1.82) is 0 Å². The number of hydrogen-bond donors (Lipinski definition) is 1. The van der Waals surface area contributed by atoms with Crippen LogP contribution in [-0.2, 0) is 6.18 Å². The number of anilines is 1. The number of carbonyl (C=O) groups is 1. The van der Waals surface area contributed by atoms with Crippen molar-refractivity contribution in [2.45, 2.75) is 19.3 Å². The number of halogens is 6. The van der Waals surface area contributed by atoms with Crippen LogP contribution in [0.4, 0.5) is 32.0 Å². The van der Waals surface area contributed by atoms with Gasteiger partial charge >= 0.3 is 12.4 Å².